The van der Waals surface area contributed by atoms with Crippen molar-refractivity contribution in [1.29, 1.82) is 0 Å². The third-order valence-corrected chi connectivity index (χ3v) is 4.70. The van der Waals surface area contributed by atoms with Crippen molar-refractivity contribution in [3.63, 3.8) is 0 Å². The van der Waals surface area contributed by atoms with Gasteiger partial charge in [-0.15, -0.1) is 11.3 Å². The third-order valence-electron chi connectivity index (χ3n) is 3.53. The second-order valence-electron chi connectivity index (χ2n) is 5.45. The number of hydrogen-bond acceptors (Lipinski definition) is 6. The van der Waals surface area contributed by atoms with Crippen molar-refractivity contribution >= 4 is 27.5 Å². The molecule has 1 aromatic carbocycles. The summed E-state index contributed by atoms with van der Waals surface area (Å²) in [6, 6.07) is 7.75. The first-order valence-electron chi connectivity index (χ1n) is 7.69. The van der Waals surface area contributed by atoms with E-state index in [1.54, 1.807) is 6.92 Å². The van der Waals surface area contributed by atoms with Crippen LogP contribution in [-0.2, 0) is 4.74 Å². The fourth-order valence-electron chi connectivity index (χ4n) is 2.46. The molecule has 2 aromatic heterocycles. The number of benzene rings is 1. The zero-order chi connectivity index (χ0) is 17.3. The zero-order valence-electron chi connectivity index (χ0n) is 14.0. The molecule has 0 atom stereocenters. The number of nitrogens with zero attached hydrogens (tertiary/aromatic N) is 2. The molecule has 0 bridgehead atoms. The molecule has 0 unspecified atom stereocenters. The third kappa shape index (κ3) is 3.10. The Labute approximate surface area is 144 Å². The molecule has 0 radical (unpaired) electrons. The van der Waals surface area contributed by atoms with Gasteiger partial charge < -0.3 is 9.47 Å². The van der Waals surface area contributed by atoms with E-state index in [4.69, 9.17) is 9.47 Å². The lowest BCUT2D eigenvalue weighted by atomic mass is 10.2. The summed E-state index contributed by atoms with van der Waals surface area (Å²) in [6.45, 7) is 7.80. The van der Waals surface area contributed by atoms with E-state index in [0.717, 1.165) is 21.3 Å². The summed E-state index contributed by atoms with van der Waals surface area (Å²) in [5, 5.41) is 0.759. The average Bonchev–Trinajstić information content (AvgIpc) is 2.84. The first-order chi connectivity index (χ1) is 11.5. The highest BCUT2D eigenvalue weighted by molar-refractivity contribution is 7.20. The molecular formula is C18H18N2O3S. The van der Waals surface area contributed by atoms with Gasteiger partial charge in [0, 0.05) is 0 Å². The van der Waals surface area contributed by atoms with Crippen molar-refractivity contribution in [2.75, 3.05) is 6.61 Å². The fraction of sp³-hybridized carbons (Fsp3) is 0.278. The van der Waals surface area contributed by atoms with E-state index in [0.29, 0.717) is 28.9 Å². The van der Waals surface area contributed by atoms with E-state index in [-0.39, 0.29) is 5.97 Å². The second kappa shape index (κ2) is 6.57. The van der Waals surface area contributed by atoms with Crippen molar-refractivity contribution in [3.05, 3.63) is 46.1 Å². The number of fused-ring (bicyclic) bond motifs is 1. The summed E-state index contributed by atoms with van der Waals surface area (Å²) in [6.07, 6.45) is 0. The lowest BCUT2D eigenvalue weighted by Crippen LogP contribution is -2.03. The Hall–Kier alpha value is -2.47. The van der Waals surface area contributed by atoms with Crippen molar-refractivity contribution in [1.82, 2.24) is 9.97 Å². The Kier molecular flexibility index (Phi) is 4.49. The smallest absolute Gasteiger partial charge is 0.348 e. The van der Waals surface area contributed by atoms with Gasteiger partial charge in [0.2, 0.25) is 5.88 Å². The predicted molar refractivity (Wildman–Crippen MR) is 94.1 cm³/mol. The van der Waals surface area contributed by atoms with Gasteiger partial charge in [0.15, 0.2) is 0 Å². The monoisotopic (exact) mass is 342 g/mol. The molecule has 3 rings (SSSR count). The number of rotatable bonds is 4. The number of esters is 1. The van der Waals surface area contributed by atoms with Crippen LogP contribution < -0.4 is 4.74 Å². The molecule has 3 aromatic rings. The van der Waals surface area contributed by atoms with Gasteiger partial charge in [-0.2, -0.15) is 4.98 Å². The lowest BCUT2D eigenvalue weighted by Gasteiger charge is -2.08. The molecule has 0 aliphatic rings. The van der Waals surface area contributed by atoms with Gasteiger partial charge in [0.25, 0.3) is 0 Å². The highest BCUT2D eigenvalue weighted by Crippen LogP contribution is 2.37. The van der Waals surface area contributed by atoms with Crippen LogP contribution in [0, 0.1) is 20.8 Å². The van der Waals surface area contributed by atoms with Crippen LogP contribution in [0.25, 0.3) is 10.2 Å². The Morgan fingerprint density at radius 3 is 2.71 bits per heavy atom. The van der Waals surface area contributed by atoms with Gasteiger partial charge in [0.1, 0.15) is 21.3 Å². The van der Waals surface area contributed by atoms with Gasteiger partial charge in [-0.05, 0) is 51.0 Å². The van der Waals surface area contributed by atoms with Gasteiger partial charge in [-0.1, -0.05) is 12.1 Å². The molecule has 24 heavy (non-hydrogen) atoms. The van der Waals surface area contributed by atoms with E-state index >= 15 is 0 Å². The van der Waals surface area contributed by atoms with Crippen molar-refractivity contribution < 1.29 is 14.3 Å². The van der Waals surface area contributed by atoms with Crippen molar-refractivity contribution in [2.45, 2.75) is 27.7 Å². The molecule has 2 heterocycles. The molecule has 0 aliphatic carbocycles. The summed E-state index contributed by atoms with van der Waals surface area (Å²) in [7, 11) is 0. The molecule has 124 valence electrons. The Morgan fingerprint density at radius 1 is 1.21 bits per heavy atom. The molecule has 6 heteroatoms. The minimum atomic E-state index is -0.336. The summed E-state index contributed by atoms with van der Waals surface area (Å²) in [5.74, 6) is 1.43. The fourth-order valence-corrected chi connectivity index (χ4v) is 3.57. The molecule has 0 fully saturated rings. The largest absolute Gasteiger partial charge is 0.462 e. The Morgan fingerprint density at radius 2 is 2.00 bits per heavy atom. The van der Waals surface area contributed by atoms with Gasteiger partial charge >= 0.3 is 5.97 Å². The number of aryl methyl sites for hydroxylation is 3. The number of hydrogen-bond donors (Lipinski definition) is 0. The molecule has 0 saturated carbocycles. The van der Waals surface area contributed by atoms with E-state index in [2.05, 4.69) is 9.97 Å². The Balaban J connectivity index is 2.11. The maximum Gasteiger partial charge on any atom is 0.348 e. The number of ether oxygens (including phenoxy) is 2. The predicted octanol–water partition coefficient (Wildman–Crippen LogP) is 4.59. The summed E-state index contributed by atoms with van der Waals surface area (Å²) >= 11 is 1.31. The van der Waals surface area contributed by atoms with Crippen LogP contribution in [0.3, 0.4) is 0 Å². The number of carbonyl (C=O) groups is 1. The molecule has 5 nitrogen and oxygen atoms in total. The minimum Gasteiger partial charge on any atom is -0.462 e. The minimum absolute atomic E-state index is 0.336. The van der Waals surface area contributed by atoms with Gasteiger partial charge in [-0.25, -0.2) is 9.78 Å². The summed E-state index contributed by atoms with van der Waals surface area (Å²) in [5.41, 5.74) is 1.89. The van der Waals surface area contributed by atoms with Crippen LogP contribution in [0.4, 0.5) is 0 Å². The van der Waals surface area contributed by atoms with Crippen LogP contribution in [0.5, 0.6) is 11.6 Å². The maximum atomic E-state index is 12.1. The van der Waals surface area contributed by atoms with Crippen LogP contribution in [0.15, 0.2) is 24.3 Å². The van der Waals surface area contributed by atoms with Crippen LogP contribution in [0.1, 0.15) is 33.5 Å². The highest BCUT2D eigenvalue weighted by atomic mass is 32.1. The average molecular weight is 342 g/mol. The van der Waals surface area contributed by atoms with E-state index in [1.165, 1.54) is 11.3 Å². The quantitative estimate of drug-likeness (QED) is 0.649. The number of thiophene rings is 1. The standard InChI is InChI=1S/C18H18N2O3S/c1-5-22-18(21)15-11(3)14-16(19-12(4)20-17(14)24-15)23-13-8-6-7-10(2)9-13/h6-9H,5H2,1-4H3. The van der Waals surface area contributed by atoms with Crippen LogP contribution >= 0.6 is 11.3 Å². The van der Waals surface area contributed by atoms with Crippen LogP contribution in [0.2, 0.25) is 0 Å². The van der Waals surface area contributed by atoms with E-state index < -0.39 is 0 Å². The first-order valence-corrected chi connectivity index (χ1v) is 8.50. The molecule has 0 N–H and O–H groups in total. The van der Waals surface area contributed by atoms with Crippen molar-refractivity contribution in [2.24, 2.45) is 0 Å². The van der Waals surface area contributed by atoms with Gasteiger partial charge in [-0.3, -0.25) is 0 Å². The number of aromatic nitrogens is 2. The maximum absolute atomic E-state index is 12.1. The lowest BCUT2D eigenvalue weighted by molar-refractivity contribution is 0.0531. The van der Waals surface area contributed by atoms with Gasteiger partial charge in [0.05, 0.1) is 12.0 Å². The second-order valence-corrected chi connectivity index (χ2v) is 6.45. The zero-order valence-corrected chi connectivity index (χ0v) is 14.9. The van der Waals surface area contributed by atoms with E-state index in [9.17, 15) is 4.79 Å². The van der Waals surface area contributed by atoms with Crippen molar-refractivity contribution in [3.8, 4) is 11.6 Å². The molecular weight excluding hydrogens is 324 g/mol. The molecule has 0 amide bonds. The highest BCUT2D eigenvalue weighted by Gasteiger charge is 2.22. The summed E-state index contributed by atoms with van der Waals surface area (Å²) in [4.78, 5) is 22.3. The van der Waals surface area contributed by atoms with E-state index in [1.807, 2.05) is 45.0 Å². The normalized spacial score (nSPS) is 10.8. The Bertz CT molecular complexity index is 918. The number of carbonyl (C=O) groups excluding carboxylic acids is 1. The molecule has 0 spiro atoms. The summed E-state index contributed by atoms with van der Waals surface area (Å²) < 4.78 is 11.1. The molecule has 0 aliphatic heterocycles. The first kappa shape index (κ1) is 16.4. The SMILES string of the molecule is CCOC(=O)c1sc2nc(C)nc(Oc3cccc(C)c3)c2c1C. The van der Waals surface area contributed by atoms with Crippen LogP contribution in [-0.4, -0.2) is 22.5 Å². The topological polar surface area (TPSA) is 61.3 Å². The molecule has 0 saturated heterocycles.